The SMILES string of the molecule is CO[C@@H]1CC[C@H](C(=O)O)C1. The third kappa shape index (κ3) is 1.48. The summed E-state index contributed by atoms with van der Waals surface area (Å²) in [7, 11) is 1.63. The lowest BCUT2D eigenvalue weighted by atomic mass is 10.1. The van der Waals surface area contributed by atoms with Crippen LogP contribution in [0.2, 0.25) is 0 Å². The van der Waals surface area contributed by atoms with Gasteiger partial charge in [0.25, 0.3) is 0 Å². The lowest BCUT2D eigenvalue weighted by Crippen LogP contribution is -2.11. The Morgan fingerprint density at radius 3 is 2.60 bits per heavy atom. The maximum Gasteiger partial charge on any atom is 0.306 e. The lowest BCUT2D eigenvalue weighted by Gasteiger charge is -2.04. The quantitative estimate of drug-likeness (QED) is 0.626. The van der Waals surface area contributed by atoms with E-state index in [4.69, 9.17) is 9.84 Å². The number of carboxylic acid groups (broad SMARTS) is 1. The number of carbonyl (C=O) groups is 1. The van der Waals surface area contributed by atoms with E-state index in [2.05, 4.69) is 0 Å². The molecule has 0 aromatic rings. The number of methoxy groups -OCH3 is 1. The van der Waals surface area contributed by atoms with Gasteiger partial charge in [-0.2, -0.15) is 0 Å². The largest absolute Gasteiger partial charge is 0.481 e. The standard InChI is InChI=1S/C7H12O3/c1-10-6-3-2-5(4-6)7(8)9/h5-6H,2-4H2,1H3,(H,8,9)/t5-,6+/m0/s1. The van der Waals surface area contributed by atoms with Crippen molar-refractivity contribution in [1.82, 2.24) is 0 Å². The van der Waals surface area contributed by atoms with E-state index in [9.17, 15) is 4.79 Å². The molecule has 0 spiro atoms. The van der Waals surface area contributed by atoms with Gasteiger partial charge in [0.2, 0.25) is 0 Å². The van der Waals surface area contributed by atoms with Crippen molar-refractivity contribution in [2.75, 3.05) is 7.11 Å². The van der Waals surface area contributed by atoms with Gasteiger partial charge in [-0.15, -0.1) is 0 Å². The summed E-state index contributed by atoms with van der Waals surface area (Å²) in [6, 6.07) is 0. The van der Waals surface area contributed by atoms with E-state index in [0.717, 1.165) is 12.8 Å². The summed E-state index contributed by atoms with van der Waals surface area (Å²) in [6.45, 7) is 0. The van der Waals surface area contributed by atoms with E-state index < -0.39 is 5.97 Å². The molecule has 10 heavy (non-hydrogen) atoms. The van der Waals surface area contributed by atoms with Gasteiger partial charge in [-0.1, -0.05) is 0 Å². The van der Waals surface area contributed by atoms with E-state index in [-0.39, 0.29) is 12.0 Å². The van der Waals surface area contributed by atoms with Crippen LogP contribution in [0.1, 0.15) is 19.3 Å². The third-order valence-corrected chi connectivity index (χ3v) is 2.07. The van der Waals surface area contributed by atoms with Gasteiger partial charge in [0.15, 0.2) is 0 Å². The second-order valence-electron chi connectivity index (χ2n) is 2.71. The fourth-order valence-corrected chi connectivity index (χ4v) is 1.38. The molecule has 0 radical (unpaired) electrons. The Balaban J connectivity index is 2.35. The van der Waals surface area contributed by atoms with Crippen molar-refractivity contribution in [2.24, 2.45) is 5.92 Å². The summed E-state index contributed by atoms with van der Waals surface area (Å²) in [5.41, 5.74) is 0. The molecule has 0 unspecified atom stereocenters. The zero-order chi connectivity index (χ0) is 7.56. The minimum Gasteiger partial charge on any atom is -0.481 e. The number of rotatable bonds is 2. The van der Waals surface area contributed by atoms with Crippen LogP contribution in [0.4, 0.5) is 0 Å². The molecule has 1 N–H and O–H groups in total. The van der Waals surface area contributed by atoms with Crippen molar-refractivity contribution in [2.45, 2.75) is 25.4 Å². The Morgan fingerprint density at radius 1 is 1.60 bits per heavy atom. The third-order valence-electron chi connectivity index (χ3n) is 2.07. The summed E-state index contributed by atoms with van der Waals surface area (Å²) < 4.78 is 5.03. The first-order valence-corrected chi connectivity index (χ1v) is 3.49. The van der Waals surface area contributed by atoms with Crippen molar-refractivity contribution in [3.05, 3.63) is 0 Å². The van der Waals surface area contributed by atoms with Crippen molar-refractivity contribution >= 4 is 5.97 Å². The second-order valence-corrected chi connectivity index (χ2v) is 2.71. The number of aliphatic carboxylic acids is 1. The first kappa shape index (κ1) is 7.54. The van der Waals surface area contributed by atoms with Gasteiger partial charge in [-0.25, -0.2) is 0 Å². The summed E-state index contributed by atoms with van der Waals surface area (Å²) in [4.78, 5) is 10.4. The lowest BCUT2D eigenvalue weighted by molar-refractivity contribution is -0.141. The molecule has 0 heterocycles. The summed E-state index contributed by atoms with van der Waals surface area (Å²) >= 11 is 0. The molecule has 0 saturated heterocycles. The minimum absolute atomic E-state index is 0.162. The molecule has 0 aromatic carbocycles. The zero-order valence-corrected chi connectivity index (χ0v) is 6.04. The number of ether oxygens (including phenoxy) is 1. The molecule has 0 amide bonds. The number of hydrogen-bond donors (Lipinski definition) is 1. The van der Waals surface area contributed by atoms with Gasteiger partial charge in [0, 0.05) is 7.11 Å². The van der Waals surface area contributed by atoms with E-state index in [1.807, 2.05) is 0 Å². The highest BCUT2D eigenvalue weighted by Crippen LogP contribution is 2.27. The highest BCUT2D eigenvalue weighted by molar-refractivity contribution is 5.70. The minimum atomic E-state index is -0.681. The second kappa shape index (κ2) is 3.01. The molecule has 1 fully saturated rings. The zero-order valence-electron chi connectivity index (χ0n) is 6.04. The Kier molecular flexibility index (Phi) is 2.27. The molecule has 3 heteroatoms. The van der Waals surface area contributed by atoms with E-state index in [1.54, 1.807) is 7.11 Å². The van der Waals surface area contributed by atoms with Crippen molar-refractivity contribution in [3.8, 4) is 0 Å². The topological polar surface area (TPSA) is 46.5 Å². The van der Waals surface area contributed by atoms with Crippen LogP contribution in [0.25, 0.3) is 0 Å². The van der Waals surface area contributed by atoms with Gasteiger partial charge < -0.3 is 9.84 Å². The Morgan fingerprint density at radius 2 is 2.30 bits per heavy atom. The van der Waals surface area contributed by atoms with Crippen LogP contribution in [-0.2, 0) is 9.53 Å². The molecule has 0 aliphatic heterocycles. The fourth-order valence-electron chi connectivity index (χ4n) is 1.38. The Labute approximate surface area is 60.0 Å². The normalized spacial score (nSPS) is 32.5. The predicted molar refractivity (Wildman–Crippen MR) is 35.8 cm³/mol. The molecule has 1 aliphatic carbocycles. The van der Waals surface area contributed by atoms with Crippen LogP contribution in [-0.4, -0.2) is 24.3 Å². The molecule has 1 aliphatic rings. The van der Waals surface area contributed by atoms with E-state index >= 15 is 0 Å². The molecule has 1 saturated carbocycles. The van der Waals surface area contributed by atoms with Gasteiger partial charge in [-0.3, -0.25) is 4.79 Å². The Hall–Kier alpha value is -0.570. The van der Waals surface area contributed by atoms with Gasteiger partial charge in [0.1, 0.15) is 0 Å². The molecular formula is C7H12O3. The molecule has 0 aromatic heterocycles. The van der Waals surface area contributed by atoms with Crippen molar-refractivity contribution in [1.29, 1.82) is 0 Å². The van der Waals surface area contributed by atoms with E-state index in [0.29, 0.717) is 6.42 Å². The van der Waals surface area contributed by atoms with Crippen LogP contribution in [0, 0.1) is 5.92 Å². The predicted octanol–water partition coefficient (Wildman–Crippen LogP) is 0.886. The molecular weight excluding hydrogens is 132 g/mol. The Bertz CT molecular complexity index is 133. The summed E-state index contributed by atoms with van der Waals surface area (Å²) in [5, 5.41) is 8.57. The maximum absolute atomic E-state index is 10.4. The molecule has 2 atom stereocenters. The highest BCUT2D eigenvalue weighted by atomic mass is 16.5. The van der Waals surface area contributed by atoms with Crippen LogP contribution >= 0.6 is 0 Å². The van der Waals surface area contributed by atoms with Gasteiger partial charge in [0.05, 0.1) is 12.0 Å². The molecule has 58 valence electrons. The maximum atomic E-state index is 10.4. The average Bonchev–Trinajstić information content (AvgIpc) is 2.34. The van der Waals surface area contributed by atoms with Crippen LogP contribution < -0.4 is 0 Å². The van der Waals surface area contributed by atoms with E-state index in [1.165, 1.54) is 0 Å². The first-order valence-electron chi connectivity index (χ1n) is 3.49. The van der Waals surface area contributed by atoms with Crippen LogP contribution in [0.15, 0.2) is 0 Å². The molecule has 1 rings (SSSR count). The van der Waals surface area contributed by atoms with Crippen molar-refractivity contribution in [3.63, 3.8) is 0 Å². The fraction of sp³-hybridized carbons (Fsp3) is 0.857. The highest BCUT2D eigenvalue weighted by Gasteiger charge is 2.29. The average molecular weight is 144 g/mol. The molecule has 3 nitrogen and oxygen atoms in total. The number of hydrogen-bond acceptors (Lipinski definition) is 2. The van der Waals surface area contributed by atoms with Gasteiger partial charge in [-0.05, 0) is 19.3 Å². The molecule has 0 bridgehead atoms. The smallest absolute Gasteiger partial charge is 0.306 e. The van der Waals surface area contributed by atoms with Crippen molar-refractivity contribution < 1.29 is 14.6 Å². The number of carboxylic acids is 1. The van der Waals surface area contributed by atoms with Crippen LogP contribution in [0.5, 0.6) is 0 Å². The summed E-state index contributed by atoms with van der Waals surface area (Å²) in [6.07, 6.45) is 2.54. The summed E-state index contributed by atoms with van der Waals surface area (Å²) in [5.74, 6) is -0.843. The van der Waals surface area contributed by atoms with Gasteiger partial charge >= 0.3 is 5.97 Å². The van der Waals surface area contributed by atoms with Crippen LogP contribution in [0.3, 0.4) is 0 Å². The first-order chi connectivity index (χ1) is 4.74. The monoisotopic (exact) mass is 144 g/mol.